The lowest BCUT2D eigenvalue weighted by Gasteiger charge is -2.32. The summed E-state index contributed by atoms with van der Waals surface area (Å²) in [5.41, 5.74) is 1.81. The number of carbonyl (C=O) groups is 2. The number of rotatable bonds is 10. The minimum absolute atomic E-state index is 0.0887. The van der Waals surface area contributed by atoms with Gasteiger partial charge in [0, 0.05) is 25.5 Å². The van der Waals surface area contributed by atoms with E-state index >= 15 is 0 Å². The highest BCUT2D eigenvalue weighted by Gasteiger charge is 2.20. The lowest BCUT2D eigenvalue weighted by atomic mass is 10.1. The van der Waals surface area contributed by atoms with E-state index in [0.717, 1.165) is 18.4 Å². The van der Waals surface area contributed by atoms with Crippen molar-refractivity contribution in [3.63, 3.8) is 0 Å². The van der Waals surface area contributed by atoms with Gasteiger partial charge in [-0.05, 0) is 58.2 Å². The Balaban J connectivity index is 0.00000108. The fraction of sp³-hybridized carbons (Fsp3) is 0.536. The first-order valence-electron chi connectivity index (χ1n) is 12.4. The third-order valence-electron chi connectivity index (χ3n) is 4.53. The van der Waals surface area contributed by atoms with Crippen LogP contribution in [0.5, 0.6) is 0 Å². The van der Waals surface area contributed by atoms with Gasteiger partial charge in [0.15, 0.2) is 0 Å². The van der Waals surface area contributed by atoms with Crippen LogP contribution in [0.3, 0.4) is 0 Å². The topological polar surface area (TPSA) is 83.6 Å². The van der Waals surface area contributed by atoms with Gasteiger partial charge in [-0.1, -0.05) is 69.7 Å². The van der Waals surface area contributed by atoms with E-state index in [0.29, 0.717) is 19.6 Å². The molecule has 196 valence electrons. The van der Waals surface area contributed by atoms with Gasteiger partial charge in [-0.3, -0.25) is 15.1 Å². The molecule has 1 aromatic carbocycles. The molecule has 7 heteroatoms. The Morgan fingerprint density at radius 2 is 1.74 bits per heavy atom. The van der Waals surface area contributed by atoms with E-state index in [2.05, 4.69) is 48.5 Å². The molecule has 35 heavy (non-hydrogen) atoms. The maximum atomic E-state index is 11.6. The van der Waals surface area contributed by atoms with Crippen LogP contribution >= 0.6 is 0 Å². The number of alkyl carbamates (subject to hydrolysis) is 1. The molecule has 0 aliphatic carbocycles. The van der Waals surface area contributed by atoms with Crippen molar-refractivity contribution in [3.05, 3.63) is 66.0 Å². The molecule has 1 aromatic heterocycles. The van der Waals surface area contributed by atoms with E-state index in [1.807, 2.05) is 65.0 Å². The molecular formula is C28H46N4O3. The summed E-state index contributed by atoms with van der Waals surface area (Å²) in [7, 11) is 0. The number of ether oxygens (including phenoxy) is 1. The Kier molecular flexibility index (Phi) is 16.9. The summed E-state index contributed by atoms with van der Waals surface area (Å²) in [4.78, 5) is 29.0. The van der Waals surface area contributed by atoms with Gasteiger partial charge in [0.05, 0.1) is 6.17 Å². The van der Waals surface area contributed by atoms with Gasteiger partial charge in [0.2, 0.25) is 6.41 Å². The molecule has 2 amide bonds. The van der Waals surface area contributed by atoms with Gasteiger partial charge in [0.25, 0.3) is 0 Å². The monoisotopic (exact) mass is 486 g/mol. The highest BCUT2D eigenvalue weighted by molar-refractivity contribution is 5.67. The van der Waals surface area contributed by atoms with Crippen molar-refractivity contribution in [1.82, 2.24) is 20.5 Å². The Bertz CT molecular complexity index is 793. The molecule has 1 unspecified atom stereocenters. The number of pyridine rings is 1. The number of hydrogen-bond acceptors (Lipinski definition) is 5. The van der Waals surface area contributed by atoms with Crippen LogP contribution in [0.25, 0.3) is 0 Å². The predicted molar refractivity (Wildman–Crippen MR) is 144 cm³/mol. The number of amides is 2. The molecule has 0 aliphatic heterocycles. The van der Waals surface area contributed by atoms with Gasteiger partial charge in [-0.15, -0.1) is 0 Å². The molecule has 2 aromatic rings. The first kappa shape index (κ1) is 32.1. The Hall–Kier alpha value is -2.93. The van der Waals surface area contributed by atoms with Crippen molar-refractivity contribution < 1.29 is 14.3 Å². The molecular weight excluding hydrogens is 440 g/mol. The molecule has 0 bridgehead atoms. The normalized spacial score (nSPS) is 11.2. The number of hydrogen-bond donors (Lipinski definition) is 2. The summed E-state index contributed by atoms with van der Waals surface area (Å²) in [5, 5.41) is 6.13. The molecule has 2 N–H and O–H groups in total. The van der Waals surface area contributed by atoms with Crippen molar-refractivity contribution >= 4 is 12.5 Å². The van der Waals surface area contributed by atoms with Gasteiger partial charge in [-0.2, -0.15) is 0 Å². The van der Waals surface area contributed by atoms with Crippen LogP contribution in [0, 0.1) is 12.8 Å². The number of nitrogens with one attached hydrogen (secondary N) is 2. The van der Waals surface area contributed by atoms with E-state index in [1.54, 1.807) is 17.3 Å². The molecule has 1 heterocycles. The number of aromatic nitrogens is 1. The van der Waals surface area contributed by atoms with Crippen molar-refractivity contribution in [1.29, 1.82) is 0 Å². The standard InChI is InChI=1S/C19H32N4O3.C7H8.C2H6/c1-15(2)17(23(14-24)13-16-8-6-9-20-12-16)21-10-7-11-22-18(25)26-19(3,4)5;1-7-5-3-2-4-6-7;1-2/h6,8-9,12,14-15,17,21H,7,10-11,13H2,1-5H3,(H,22,25);2-6H,1H3;1-2H3. The largest absolute Gasteiger partial charge is 0.444 e. The van der Waals surface area contributed by atoms with Crippen LogP contribution in [0.1, 0.15) is 66.0 Å². The van der Waals surface area contributed by atoms with E-state index in [4.69, 9.17) is 4.74 Å². The van der Waals surface area contributed by atoms with Gasteiger partial charge >= 0.3 is 6.09 Å². The fourth-order valence-corrected chi connectivity index (χ4v) is 3.02. The number of carbonyl (C=O) groups excluding carboxylic acids is 2. The van der Waals surface area contributed by atoms with Crippen LogP contribution in [-0.4, -0.2) is 47.2 Å². The number of benzene rings is 1. The van der Waals surface area contributed by atoms with Crippen molar-refractivity contribution in [2.45, 2.75) is 80.1 Å². The minimum Gasteiger partial charge on any atom is -0.444 e. The maximum Gasteiger partial charge on any atom is 0.407 e. The van der Waals surface area contributed by atoms with Crippen LogP contribution < -0.4 is 10.6 Å². The van der Waals surface area contributed by atoms with Gasteiger partial charge in [0.1, 0.15) is 5.60 Å². The van der Waals surface area contributed by atoms with Crippen LogP contribution in [-0.2, 0) is 16.1 Å². The van der Waals surface area contributed by atoms with Gasteiger partial charge in [-0.25, -0.2) is 4.79 Å². The lowest BCUT2D eigenvalue weighted by Crippen LogP contribution is -2.48. The molecule has 1 atom stereocenters. The lowest BCUT2D eigenvalue weighted by molar-refractivity contribution is -0.122. The zero-order chi connectivity index (χ0) is 26.7. The highest BCUT2D eigenvalue weighted by atomic mass is 16.6. The molecule has 7 nitrogen and oxygen atoms in total. The first-order valence-corrected chi connectivity index (χ1v) is 12.4. The van der Waals surface area contributed by atoms with Gasteiger partial charge < -0.3 is 15.0 Å². The predicted octanol–water partition coefficient (Wildman–Crippen LogP) is 5.55. The zero-order valence-corrected chi connectivity index (χ0v) is 22.9. The summed E-state index contributed by atoms with van der Waals surface area (Å²) in [6, 6.07) is 14.1. The van der Waals surface area contributed by atoms with Crippen molar-refractivity contribution in [2.24, 2.45) is 5.92 Å². The van der Waals surface area contributed by atoms with Crippen molar-refractivity contribution in [3.8, 4) is 0 Å². The SMILES string of the molecule is CC.CC(C)C(NCCCNC(=O)OC(C)(C)C)N(C=O)Cc1cccnc1.Cc1ccccc1. The Morgan fingerprint density at radius 1 is 1.09 bits per heavy atom. The Morgan fingerprint density at radius 3 is 2.20 bits per heavy atom. The second-order valence-electron chi connectivity index (χ2n) is 9.22. The highest BCUT2D eigenvalue weighted by Crippen LogP contribution is 2.11. The average Bonchev–Trinajstić information content (AvgIpc) is 2.82. The third kappa shape index (κ3) is 16.4. The molecule has 0 saturated heterocycles. The average molecular weight is 487 g/mol. The molecule has 0 radical (unpaired) electrons. The number of aryl methyl sites for hydroxylation is 1. The van der Waals surface area contributed by atoms with E-state index in [-0.39, 0.29) is 12.1 Å². The Labute approximate surface area is 212 Å². The molecule has 0 fully saturated rings. The summed E-state index contributed by atoms with van der Waals surface area (Å²) in [5.74, 6) is 0.246. The fourth-order valence-electron chi connectivity index (χ4n) is 3.02. The van der Waals surface area contributed by atoms with Crippen LogP contribution in [0.2, 0.25) is 0 Å². The second-order valence-corrected chi connectivity index (χ2v) is 9.22. The third-order valence-corrected chi connectivity index (χ3v) is 4.53. The quantitative estimate of drug-likeness (QED) is 0.261. The minimum atomic E-state index is -0.498. The molecule has 0 spiro atoms. The second kappa shape index (κ2) is 18.4. The first-order chi connectivity index (χ1) is 16.6. The van der Waals surface area contributed by atoms with Crippen LogP contribution in [0.15, 0.2) is 54.9 Å². The van der Waals surface area contributed by atoms with Crippen LogP contribution in [0.4, 0.5) is 4.79 Å². The molecule has 2 rings (SSSR count). The van der Waals surface area contributed by atoms with Crippen molar-refractivity contribution in [2.75, 3.05) is 13.1 Å². The summed E-state index contributed by atoms with van der Waals surface area (Å²) >= 11 is 0. The number of nitrogens with zero attached hydrogens (tertiary/aromatic N) is 2. The smallest absolute Gasteiger partial charge is 0.407 e. The zero-order valence-electron chi connectivity index (χ0n) is 22.9. The van der Waals surface area contributed by atoms with E-state index in [9.17, 15) is 9.59 Å². The molecule has 0 saturated carbocycles. The molecule has 0 aliphatic rings. The van der Waals surface area contributed by atoms with E-state index < -0.39 is 11.7 Å². The summed E-state index contributed by atoms with van der Waals surface area (Å²) in [6.45, 7) is 17.4. The summed E-state index contributed by atoms with van der Waals surface area (Å²) < 4.78 is 5.19. The van der Waals surface area contributed by atoms with E-state index in [1.165, 1.54) is 5.56 Å². The summed E-state index contributed by atoms with van der Waals surface area (Å²) in [6.07, 6.45) is 4.58. The maximum absolute atomic E-state index is 11.6.